The molecule has 1 saturated heterocycles. The first-order chi connectivity index (χ1) is 16.2. The summed E-state index contributed by atoms with van der Waals surface area (Å²) in [6, 6.07) is 11.8. The standard InChI is InChI=1S/C26H34N6O2/c1-6-32-23-8-7-20(25(33)29(4)5)16-22(23)28-24(32)17-30-9-11-31(12-10-30)26(34)27-21-14-18(2)13-19(3)15-21/h7-8,13-16H,6,9-12,17H2,1-5H3,(H,27,34). The van der Waals surface area contributed by atoms with Gasteiger partial charge in [-0.15, -0.1) is 0 Å². The van der Waals surface area contributed by atoms with Gasteiger partial charge in [0.15, 0.2) is 0 Å². The van der Waals surface area contributed by atoms with Crippen LogP contribution in [0.2, 0.25) is 0 Å². The fourth-order valence-corrected chi connectivity index (χ4v) is 4.60. The highest BCUT2D eigenvalue weighted by molar-refractivity contribution is 5.97. The molecule has 0 atom stereocenters. The van der Waals surface area contributed by atoms with Gasteiger partial charge in [-0.05, 0) is 62.2 Å². The zero-order chi connectivity index (χ0) is 24.4. The van der Waals surface area contributed by atoms with Crippen molar-refractivity contribution in [3.8, 4) is 0 Å². The van der Waals surface area contributed by atoms with E-state index in [9.17, 15) is 9.59 Å². The van der Waals surface area contributed by atoms with Crippen LogP contribution in [-0.4, -0.2) is 76.5 Å². The number of fused-ring (bicyclic) bond motifs is 1. The Morgan fingerprint density at radius 2 is 1.68 bits per heavy atom. The van der Waals surface area contributed by atoms with Crippen LogP contribution in [0.3, 0.4) is 0 Å². The average Bonchev–Trinajstić information content (AvgIpc) is 3.14. The van der Waals surface area contributed by atoms with Crippen molar-refractivity contribution in [2.45, 2.75) is 33.9 Å². The van der Waals surface area contributed by atoms with Crippen LogP contribution in [0.25, 0.3) is 11.0 Å². The van der Waals surface area contributed by atoms with Crippen molar-refractivity contribution < 1.29 is 9.59 Å². The van der Waals surface area contributed by atoms with E-state index in [0.29, 0.717) is 25.2 Å². The Morgan fingerprint density at radius 3 is 2.29 bits per heavy atom. The third kappa shape index (κ3) is 5.07. The second kappa shape index (κ2) is 9.85. The predicted molar refractivity (Wildman–Crippen MR) is 135 cm³/mol. The number of aryl methyl sites for hydroxylation is 3. The van der Waals surface area contributed by atoms with Crippen molar-refractivity contribution in [1.82, 2.24) is 24.3 Å². The summed E-state index contributed by atoms with van der Waals surface area (Å²) in [6.45, 7) is 10.6. The Labute approximate surface area is 201 Å². The minimum Gasteiger partial charge on any atom is -0.345 e. The van der Waals surface area contributed by atoms with Crippen molar-refractivity contribution >= 4 is 28.7 Å². The normalized spacial score (nSPS) is 14.4. The summed E-state index contributed by atoms with van der Waals surface area (Å²) in [4.78, 5) is 35.7. The van der Waals surface area contributed by atoms with Crippen LogP contribution >= 0.6 is 0 Å². The van der Waals surface area contributed by atoms with E-state index in [0.717, 1.165) is 53.3 Å². The molecule has 0 bridgehead atoms. The molecule has 180 valence electrons. The van der Waals surface area contributed by atoms with Gasteiger partial charge in [0.2, 0.25) is 0 Å². The third-order valence-corrected chi connectivity index (χ3v) is 6.29. The van der Waals surface area contributed by atoms with E-state index in [1.54, 1.807) is 19.0 Å². The van der Waals surface area contributed by atoms with Crippen LogP contribution < -0.4 is 5.32 Å². The van der Waals surface area contributed by atoms with Crippen LogP contribution in [0, 0.1) is 13.8 Å². The molecular weight excluding hydrogens is 428 g/mol. The van der Waals surface area contributed by atoms with Crippen LogP contribution in [0.4, 0.5) is 10.5 Å². The minimum absolute atomic E-state index is 0.0234. The molecule has 3 amide bonds. The molecule has 2 aromatic carbocycles. The number of rotatable bonds is 5. The van der Waals surface area contributed by atoms with Crippen molar-refractivity contribution in [1.29, 1.82) is 0 Å². The van der Waals surface area contributed by atoms with Gasteiger partial charge < -0.3 is 19.7 Å². The molecule has 1 aliphatic rings. The second-order valence-electron chi connectivity index (χ2n) is 9.25. The first kappa shape index (κ1) is 23.8. The van der Waals surface area contributed by atoms with Crippen molar-refractivity contribution in [2.75, 3.05) is 45.6 Å². The second-order valence-corrected chi connectivity index (χ2v) is 9.25. The van der Waals surface area contributed by atoms with E-state index >= 15 is 0 Å². The molecule has 34 heavy (non-hydrogen) atoms. The SMILES string of the molecule is CCn1c(CN2CCN(C(=O)Nc3cc(C)cc(C)c3)CC2)nc2cc(C(=O)N(C)C)ccc21. The maximum Gasteiger partial charge on any atom is 0.321 e. The van der Waals surface area contributed by atoms with Gasteiger partial charge in [0.05, 0.1) is 17.6 Å². The summed E-state index contributed by atoms with van der Waals surface area (Å²) in [5.41, 5.74) is 5.64. The first-order valence-corrected chi connectivity index (χ1v) is 11.8. The molecule has 1 aliphatic heterocycles. The predicted octanol–water partition coefficient (Wildman–Crippen LogP) is 3.72. The van der Waals surface area contributed by atoms with Gasteiger partial charge in [-0.25, -0.2) is 9.78 Å². The number of urea groups is 1. The highest BCUT2D eigenvalue weighted by atomic mass is 16.2. The number of imidazole rings is 1. The van der Waals surface area contributed by atoms with Gasteiger partial charge in [-0.1, -0.05) is 6.07 Å². The van der Waals surface area contributed by atoms with Gasteiger partial charge >= 0.3 is 6.03 Å². The number of carbonyl (C=O) groups excluding carboxylic acids is 2. The first-order valence-electron chi connectivity index (χ1n) is 11.8. The summed E-state index contributed by atoms with van der Waals surface area (Å²) in [5, 5.41) is 3.04. The highest BCUT2D eigenvalue weighted by Crippen LogP contribution is 2.21. The number of anilines is 1. The van der Waals surface area contributed by atoms with E-state index in [-0.39, 0.29) is 11.9 Å². The van der Waals surface area contributed by atoms with Crippen LogP contribution in [-0.2, 0) is 13.1 Å². The van der Waals surface area contributed by atoms with Gasteiger partial charge in [0, 0.05) is 58.1 Å². The lowest BCUT2D eigenvalue weighted by Crippen LogP contribution is -2.49. The number of hydrogen-bond acceptors (Lipinski definition) is 4. The molecule has 8 heteroatoms. The largest absolute Gasteiger partial charge is 0.345 e. The summed E-state index contributed by atoms with van der Waals surface area (Å²) >= 11 is 0. The van der Waals surface area contributed by atoms with Gasteiger partial charge in [0.25, 0.3) is 5.91 Å². The van der Waals surface area contributed by atoms with Gasteiger partial charge in [-0.2, -0.15) is 0 Å². The third-order valence-electron chi connectivity index (χ3n) is 6.29. The smallest absolute Gasteiger partial charge is 0.321 e. The zero-order valence-corrected chi connectivity index (χ0v) is 20.8. The van der Waals surface area contributed by atoms with Crippen molar-refractivity contribution in [2.24, 2.45) is 0 Å². The van der Waals surface area contributed by atoms with E-state index in [4.69, 9.17) is 4.98 Å². The quantitative estimate of drug-likeness (QED) is 0.627. The Bertz CT molecular complexity index is 1190. The molecule has 8 nitrogen and oxygen atoms in total. The Balaban J connectivity index is 1.40. The van der Waals surface area contributed by atoms with Crippen molar-refractivity contribution in [3.05, 3.63) is 58.9 Å². The highest BCUT2D eigenvalue weighted by Gasteiger charge is 2.23. The van der Waals surface area contributed by atoms with Crippen LogP contribution in [0.5, 0.6) is 0 Å². The molecule has 1 aromatic heterocycles. The van der Waals surface area contributed by atoms with Crippen molar-refractivity contribution in [3.63, 3.8) is 0 Å². The molecule has 0 spiro atoms. The Morgan fingerprint density at radius 1 is 1.00 bits per heavy atom. The number of amides is 3. The molecule has 0 radical (unpaired) electrons. The number of aromatic nitrogens is 2. The fraction of sp³-hybridized carbons (Fsp3) is 0.423. The molecule has 3 aromatic rings. The molecule has 4 rings (SSSR count). The van der Waals surface area contributed by atoms with E-state index in [2.05, 4.69) is 27.8 Å². The Kier molecular flexibility index (Phi) is 6.88. The van der Waals surface area contributed by atoms with E-state index in [1.807, 2.05) is 49.1 Å². The monoisotopic (exact) mass is 462 g/mol. The molecule has 0 saturated carbocycles. The molecule has 0 unspecified atom stereocenters. The number of nitrogens with one attached hydrogen (secondary N) is 1. The minimum atomic E-state index is -0.0523. The fourth-order valence-electron chi connectivity index (χ4n) is 4.60. The molecular formula is C26H34N6O2. The number of carbonyl (C=O) groups is 2. The van der Waals surface area contributed by atoms with E-state index in [1.165, 1.54) is 0 Å². The lowest BCUT2D eigenvalue weighted by molar-refractivity contribution is 0.0827. The molecule has 0 aliphatic carbocycles. The topological polar surface area (TPSA) is 73.7 Å². The lowest BCUT2D eigenvalue weighted by atomic mass is 10.1. The number of nitrogens with zero attached hydrogens (tertiary/aromatic N) is 5. The summed E-state index contributed by atoms with van der Waals surface area (Å²) in [6.07, 6.45) is 0. The zero-order valence-electron chi connectivity index (χ0n) is 20.8. The average molecular weight is 463 g/mol. The summed E-state index contributed by atoms with van der Waals surface area (Å²) in [7, 11) is 3.51. The number of hydrogen-bond donors (Lipinski definition) is 1. The summed E-state index contributed by atoms with van der Waals surface area (Å²) < 4.78 is 2.21. The number of benzene rings is 2. The molecule has 2 heterocycles. The van der Waals surface area contributed by atoms with Gasteiger partial charge in [0.1, 0.15) is 5.82 Å². The van der Waals surface area contributed by atoms with E-state index < -0.39 is 0 Å². The van der Waals surface area contributed by atoms with Gasteiger partial charge in [-0.3, -0.25) is 9.69 Å². The van der Waals surface area contributed by atoms with Crippen LogP contribution in [0.15, 0.2) is 36.4 Å². The molecule has 1 N–H and O–H groups in total. The Hall–Kier alpha value is -3.39. The maximum absolute atomic E-state index is 12.8. The summed E-state index contributed by atoms with van der Waals surface area (Å²) in [5.74, 6) is 0.963. The number of piperazine rings is 1. The van der Waals surface area contributed by atoms with Crippen LogP contribution in [0.1, 0.15) is 34.2 Å². The lowest BCUT2D eigenvalue weighted by Gasteiger charge is -2.34. The molecule has 1 fully saturated rings. The maximum atomic E-state index is 12.8.